The third-order valence-electron chi connectivity index (χ3n) is 5.87. The van der Waals surface area contributed by atoms with E-state index in [2.05, 4.69) is 4.98 Å². The molecule has 36 heavy (non-hydrogen) atoms. The Balaban J connectivity index is 1.79. The fourth-order valence-electron chi connectivity index (χ4n) is 3.71. The molecule has 0 fully saturated rings. The maximum absolute atomic E-state index is 13.8. The number of nitrogens with zero attached hydrogens (tertiary/aromatic N) is 1. The molecule has 0 amide bonds. The predicted molar refractivity (Wildman–Crippen MR) is 134 cm³/mol. The van der Waals surface area contributed by atoms with E-state index in [0.717, 1.165) is 0 Å². The highest BCUT2D eigenvalue weighted by Crippen LogP contribution is 2.34. The summed E-state index contributed by atoms with van der Waals surface area (Å²) in [5.74, 6) is 0.788. The van der Waals surface area contributed by atoms with Crippen LogP contribution in [-0.2, 0) is 5.60 Å². The first-order valence-corrected chi connectivity index (χ1v) is 11.6. The predicted octanol–water partition coefficient (Wildman–Crippen LogP) is 4.84. The molecule has 0 aliphatic rings. The molecule has 0 radical (unpaired) electrons. The van der Waals surface area contributed by atoms with Crippen LogP contribution in [0.25, 0.3) is 11.3 Å². The van der Waals surface area contributed by atoms with Crippen molar-refractivity contribution in [3.63, 3.8) is 0 Å². The minimum atomic E-state index is -1.41. The number of carbonyl (C=O) groups is 1. The van der Waals surface area contributed by atoms with Crippen LogP contribution >= 0.6 is 0 Å². The Morgan fingerprint density at radius 2 is 1.75 bits per heavy atom. The van der Waals surface area contributed by atoms with Crippen LogP contribution in [0.15, 0.2) is 48.5 Å². The molecule has 0 saturated carbocycles. The molecule has 7 nitrogen and oxygen atoms in total. The molecule has 8 heteroatoms. The summed E-state index contributed by atoms with van der Waals surface area (Å²) in [6.45, 7) is 4.97. The van der Waals surface area contributed by atoms with Gasteiger partial charge < -0.3 is 24.4 Å². The molecule has 0 aliphatic carbocycles. The monoisotopic (exact) mass is 497 g/mol. The second kappa shape index (κ2) is 11.5. The fourth-order valence-corrected chi connectivity index (χ4v) is 3.71. The van der Waals surface area contributed by atoms with Crippen molar-refractivity contribution in [2.75, 3.05) is 20.8 Å². The number of pyridine rings is 1. The third-order valence-corrected chi connectivity index (χ3v) is 5.87. The average molecular weight is 498 g/mol. The van der Waals surface area contributed by atoms with Gasteiger partial charge in [-0.1, -0.05) is 0 Å². The SMILES string of the molecule is COc1cc(C(=O)CC[C@](C)(O)c2ccc(OC)c(-c3ccc(F)c(C)c3)n2)ccc1OC[C@@H](C)O. The number of ketones is 1. The number of aryl methyl sites for hydroxylation is 1. The number of hydrogen-bond acceptors (Lipinski definition) is 7. The maximum Gasteiger partial charge on any atom is 0.163 e. The summed E-state index contributed by atoms with van der Waals surface area (Å²) in [5.41, 5.74) is 0.976. The van der Waals surface area contributed by atoms with Crippen LogP contribution in [0, 0.1) is 12.7 Å². The van der Waals surface area contributed by atoms with Gasteiger partial charge in [0.1, 0.15) is 29.5 Å². The second-order valence-electron chi connectivity index (χ2n) is 8.93. The van der Waals surface area contributed by atoms with Gasteiger partial charge in [0.2, 0.25) is 0 Å². The van der Waals surface area contributed by atoms with E-state index in [0.29, 0.717) is 45.3 Å². The lowest BCUT2D eigenvalue weighted by atomic mass is 9.92. The number of hydrogen-bond donors (Lipinski definition) is 2. The Bertz CT molecular complexity index is 1220. The molecule has 2 aromatic carbocycles. The van der Waals surface area contributed by atoms with E-state index in [1.165, 1.54) is 20.3 Å². The van der Waals surface area contributed by atoms with Gasteiger partial charge in [0.15, 0.2) is 17.3 Å². The van der Waals surface area contributed by atoms with Gasteiger partial charge in [0.25, 0.3) is 0 Å². The number of Topliss-reactive ketones (excluding diaryl/α,β-unsaturated/α-hetero) is 1. The Morgan fingerprint density at radius 3 is 2.39 bits per heavy atom. The third kappa shape index (κ3) is 6.38. The summed E-state index contributed by atoms with van der Waals surface area (Å²) in [4.78, 5) is 17.5. The standard InChI is InChI=1S/C28H32FNO6/c1-17-14-20(6-8-21(17)29)27-24(34-4)10-11-26(30-27)28(3,33)13-12-22(32)19-7-9-23(25(15-19)35-5)36-16-18(2)31/h6-11,14-15,18,31,33H,12-13,16H2,1-5H3/t18-,28+/m1/s1. The molecule has 3 rings (SSSR count). The number of methoxy groups -OCH3 is 2. The summed E-state index contributed by atoms with van der Waals surface area (Å²) < 4.78 is 30.0. The van der Waals surface area contributed by atoms with Gasteiger partial charge in [0.05, 0.1) is 26.0 Å². The number of carbonyl (C=O) groups excluding carboxylic acids is 1. The van der Waals surface area contributed by atoms with Crippen LogP contribution in [0.3, 0.4) is 0 Å². The van der Waals surface area contributed by atoms with Crippen molar-refractivity contribution in [3.05, 3.63) is 71.2 Å². The molecular formula is C28H32FNO6. The van der Waals surface area contributed by atoms with Crippen LogP contribution in [0.1, 0.15) is 48.3 Å². The number of rotatable bonds is 11. The Hall–Kier alpha value is -3.49. The van der Waals surface area contributed by atoms with E-state index >= 15 is 0 Å². The van der Waals surface area contributed by atoms with Crippen molar-refractivity contribution in [1.82, 2.24) is 4.98 Å². The van der Waals surface area contributed by atoms with Gasteiger partial charge in [-0.3, -0.25) is 4.79 Å². The highest BCUT2D eigenvalue weighted by atomic mass is 19.1. The van der Waals surface area contributed by atoms with Crippen molar-refractivity contribution in [3.8, 4) is 28.5 Å². The van der Waals surface area contributed by atoms with Crippen molar-refractivity contribution in [2.45, 2.75) is 45.3 Å². The zero-order valence-corrected chi connectivity index (χ0v) is 21.2. The molecule has 1 aromatic heterocycles. The molecule has 2 N–H and O–H groups in total. The Labute approximate surface area is 210 Å². The number of ether oxygens (including phenoxy) is 3. The summed E-state index contributed by atoms with van der Waals surface area (Å²) >= 11 is 0. The minimum absolute atomic E-state index is 0.0583. The van der Waals surface area contributed by atoms with Crippen molar-refractivity contribution in [1.29, 1.82) is 0 Å². The van der Waals surface area contributed by atoms with Gasteiger partial charge in [-0.05, 0) is 81.3 Å². The zero-order chi connectivity index (χ0) is 26.5. The number of aromatic nitrogens is 1. The number of halogens is 1. The summed E-state index contributed by atoms with van der Waals surface area (Å²) in [7, 11) is 2.99. The van der Waals surface area contributed by atoms with Gasteiger partial charge in [0, 0.05) is 17.5 Å². The van der Waals surface area contributed by atoms with E-state index in [9.17, 15) is 19.4 Å². The van der Waals surface area contributed by atoms with Crippen molar-refractivity contribution in [2.24, 2.45) is 0 Å². The Morgan fingerprint density at radius 1 is 1.06 bits per heavy atom. The number of aliphatic hydroxyl groups is 2. The minimum Gasteiger partial charge on any atom is -0.494 e. The highest BCUT2D eigenvalue weighted by molar-refractivity contribution is 5.96. The highest BCUT2D eigenvalue weighted by Gasteiger charge is 2.28. The first-order valence-electron chi connectivity index (χ1n) is 11.6. The summed E-state index contributed by atoms with van der Waals surface area (Å²) in [6, 6.07) is 12.8. The summed E-state index contributed by atoms with van der Waals surface area (Å²) in [6.07, 6.45) is -0.462. The topological polar surface area (TPSA) is 98.1 Å². The van der Waals surface area contributed by atoms with Crippen LogP contribution < -0.4 is 14.2 Å². The lowest BCUT2D eigenvalue weighted by Gasteiger charge is -2.24. The molecule has 0 bridgehead atoms. The first-order chi connectivity index (χ1) is 17.1. The molecule has 3 aromatic rings. The molecule has 2 atom stereocenters. The van der Waals surface area contributed by atoms with Gasteiger partial charge in [-0.15, -0.1) is 0 Å². The first kappa shape index (κ1) is 27.1. The smallest absolute Gasteiger partial charge is 0.163 e. The molecule has 1 heterocycles. The molecule has 0 spiro atoms. The lowest BCUT2D eigenvalue weighted by Crippen LogP contribution is -2.24. The lowest BCUT2D eigenvalue weighted by molar-refractivity contribution is 0.0397. The number of aliphatic hydroxyl groups excluding tert-OH is 1. The Kier molecular flexibility index (Phi) is 8.66. The van der Waals surface area contributed by atoms with E-state index < -0.39 is 11.7 Å². The second-order valence-corrected chi connectivity index (χ2v) is 8.93. The molecule has 192 valence electrons. The quantitative estimate of drug-likeness (QED) is 0.366. The van der Waals surface area contributed by atoms with Crippen molar-refractivity contribution < 1.29 is 33.6 Å². The largest absolute Gasteiger partial charge is 0.494 e. The average Bonchev–Trinajstić information content (AvgIpc) is 2.87. The van der Waals surface area contributed by atoms with Crippen LogP contribution in [-0.4, -0.2) is 47.9 Å². The molecule has 0 aliphatic heterocycles. The fraction of sp³-hybridized carbons (Fsp3) is 0.357. The van der Waals surface area contributed by atoms with E-state index in [4.69, 9.17) is 14.2 Å². The van der Waals surface area contributed by atoms with Crippen LogP contribution in [0.2, 0.25) is 0 Å². The normalized spacial score (nSPS) is 13.6. The number of benzene rings is 2. The van der Waals surface area contributed by atoms with Gasteiger partial charge in [-0.25, -0.2) is 9.37 Å². The summed E-state index contributed by atoms with van der Waals surface area (Å²) in [5, 5.41) is 20.6. The molecular weight excluding hydrogens is 465 g/mol. The van der Waals surface area contributed by atoms with E-state index in [-0.39, 0.29) is 31.0 Å². The zero-order valence-electron chi connectivity index (χ0n) is 21.2. The maximum atomic E-state index is 13.8. The van der Waals surface area contributed by atoms with Crippen LogP contribution in [0.5, 0.6) is 17.2 Å². The van der Waals surface area contributed by atoms with E-state index in [1.807, 2.05) is 0 Å². The van der Waals surface area contributed by atoms with Crippen molar-refractivity contribution >= 4 is 5.78 Å². The van der Waals surface area contributed by atoms with Gasteiger partial charge in [-0.2, -0.15) is 0 Å². The molecule has 0 unspecified atom stereocenters. The molecule has 0 saturated heterocycles. The van der Waals surface area contributed by atoms with Gasteiger partial charge >= 0.3 is 0 Å². The van der Waals surface area contributed by atoms with E-state index in [1.54, 1.807) is 63.2 Å². The van der Waals surface area contributed by atoms with Crippen LogP contribution in [0.4, 0.5) is 4.39 Å².